The van der Waals surface area contributed by atoms with Gasteiger partial charge in [-0.2, -0.15) is 0 Å². The molecule has 0 amide bonds. The van der Waals surface area contributed by atoms with Crippen molar-refractivity contribution < 1.29 is 0 Å². The van der Waals surface area contributed by atoms with Gasteiger partial charge in [0.2, 0.25) is 0 Å². The van der Waals surface area contributed by atoms with Crippen LogP contribution >= 0.6 is 0 Å². The Bertz CT molecular complexity index is 2780. The molecule has 0 fully saturated rings. The van der Waals surface area contributed by atoms with E-state index in [1.165, 1.54) is 27.8 Å². The minimum absolute atomic E-state index is 0.213. The molecule has 256 valence electrons. The standard InChI is InChI=1S/C50H36N4/c1-50(2)42-30-36(35-19-14-20-37(29-35)48-51-45(33-15-6-3-7-16-33)32-46(52-48)34-17-8-4-9-18-34)25-27-40(42)41-28-26-38(31-43(41)50)49-53-44-23-12-13-24-47(44)54(49)39-21-10-5-11-22-39/h3-32H,1-2H3. The van der Waals surface area contributed by atoms with Crippen LogP contribution in [-0.2, 0) is 5.41 Å². The van der Waals surface area contributed by atoms with Gasteiger partial charge in [-0.25, -0.2) is 15.0 Å². The highest BCUT2D eigenvalue weighted by Gasteiger charge is 2.36. The summed E-state index contributed by atoms with van der Waals surface area (Å²) in [6.45, 7) is 4.69. The molecule has 0 radical (unpaired) electrons. The van der Waals surface area contributed by atoms with Gasteiger partial charge in [0.1, 0.15) is 5.82 Å². The Kier molecular flexibility index (Phi) is 7.44. The van der Waals surface area contributed by atoms with Crippen molar-refractivity contribution in [3.63, 3.8) is 0 Å². The van der Waals surface area contributed by atoms with Crippen molar-refractivity contribution in [1.29, 1.82) is 0 Å². The average molecular weight is 693 g/mol. The van der Waals surface area contributed by atoms with E-state index in [0.29, 0.717) is 5.82 Å². The van der Waals surface area contributed by atoms with Crippen molar-refractivity contribution in [3.05, 3.63) is 193 Å². The van der Waals surface area contributed by atoms with Crippen LogP contribution in [0.2, 0.25) is 0 Å². The monoisotopic (exact) mass is 692 g/mol. The Morgan fingerprint density at radius 2 is 0.926 bits per heavy atom. The predicted octanol–water partition coefficient (Wildman–Crippen LogP) is 12.5. The summed E-state index contributed by atoms with van der Waals surface area (Å²) in [6, 6.07) is 64.1. The minimum Gasteiger partial charge on any atom is -0.292 e. The van der Waals surface area contributed by atoms with Crippen molar-refractivity contribution in [1.82, 2.24) is 19.5 Å². The Labute approximate surface area is 315 Å². The molecule has 0 aliphatic heterocycles. The minimum atomic E-state index is -0.213. The summed E-state index contributed by atoms with van der Waals surface area (Å²) in [5.74, 6) is 1.66. The van der Waals surface area contributed by atoms with Crippen LogP contribution in [0.5, 0.6) is 0 Å². The molecule has 54 heavy (non-hydrogen) atoms. The van der Waals surface area contributed by atoms with Gasteiger partial charge in [0.15, 0.2) is 5.82 Å². The van der Waals surface area contributed by atoms with Gasteiger partial charge in [-0.1, -0.05) is 147 Å². The fraction of sp³-hybridized carbons (Fsp3) is 0.0600. The number of fused-ring (bicyclic) bond motifs is 4. The maximum Gasteiger partial charge on any atom is 0.160 e. The summed E-state index contributed by atoms with van der Waals surface area (Å²) in [7, 11) is 0. The first-order chi connectivity index (χ1) is 26.5. The van der Waals surface area contributed by atoms with Crippen molar-refractivity contribution >= 4 is 11.0 Å². The molecule has 2 aromatic heterocycles. The van der Waals surface area contributed by atoms with E-state index in [9.17, 15) is 0 Å². The third kappa shape index (κ3) is 5.34. The number of nitrogens with zero attached hydrogens (tertiary/aromatic N) is 4. The summed E-state index contributed by atoms with van der Waals surface area (Å²) in [6.07, 6.45) is 0. The molecular weight excluding hydrogens is 657 g/mol. The van der Waals surface area contributed by atoms with E-state index >= 15 is 0 Å². The van der Waals surface area contributed by atoms with Crippen LogP contribution in [0.25, 0.3) is 84.3 Å². The van der Waals surface area contributed by atoms with E-state index < -0.39 is 0 Å². The number of rotatable bonds is 6. The lowest BCUT2D eigenvalue weighted by molar-refractivity contribution is 0.660. The number of para-hydroxylation sites is 3. The molecule has 10 rings (SSSR count). The molecule has 1 aliphatic rings. The normalized spacial score (nSPS) is 12.8. The van der Waals surface area contributed by atoms with E-state index in [2.05, 4.69) is 188 Å². The van der Waals surface area contributed by atoms with E-state index in [-0.39, 0.29) is 5.41 Å². The lowest BCUT2D eigenvalue weighted by atomic mass is 9.81. The van der Waals surface area contributed by atoms with Gasteiger partial charge in [0, 0.05) is 33.4 Å². The highest BCUT2D eigenvalue weighted by Crippen LogP contribution is 2.51. The van der Waals surface area contributed by atoms with Gasteiger partial charge in [-0.15, -0.1) is 0 Å². The fourth-order valence-corrected chi connectivity index (χ4v) is 8.04. The van der Waals surface area contributed by atoms with Gasteiger partial charge in [-0.05, 0) is 81.9 Å². The molecule has 9 aromatic rings. The second-order valence-corrected chi connectivity index (χ2v) is 14.5. The van der Waals surface area contributed by atoms with Crippen LogP contribution in [0.1, 0.15) is 25.0 Å². The number of aromatic nitrogens is 4. The molecule has 0 saturated carbocycles. The largest absolute Gasteiger partial charge is 0.292 e. The summed E-state index contributed by atoms with van der Waals surface area (Å²) >= 11 is 0. The number of hydrogen-bond acceptors (Lipinski definition) is 3. The van der Waals surface area contributed by atoms with Gasteiger partial charge < -0.3 is 0 Å². The van der Waals surface area contributed by atoms with Gasteiger partial charge in [0.05, 0.1) is 22.4 Å². The van der Waals surface area contributed by atoms with E-state index in [1.807, 2.05) is 12.1 Å². The Balaban J connectivity index is 1.04. The molecular formula is C50H36N4. The van der Waals surface area contributed by atoms with Crippen molar-refractivity contribution in [2.45, 2.75) is 19.3 Å². The first-order valence-corrected chi connectivity index (χ1v) is 18.4. The average Bonchev–Trinajstić information content (AvgIpc) is 3.73. The third-order valence-electron chi connectivity index (χ3n) is 10.8. The zero-order valence-corrected chi connectivity index (χ0v) is 30.1. The van der Waals surface area contributed by atoms with Gasteiger partial charge in [0.25, 0.3) is 0 Å². The second kappa shape index (κ2) is 12.6. The molecule has 1 aliphatic carbocycles. The van der Waals surface area contributed by atoms with Crippen molar-refractivity contribution in [2.24, 2.45) is 0 Å². The lowest BCUT2D eigenvalue weighted by Crippen LogP contribution is -2.15. The van der Waals surface area contributed by atoms with Crippen LogP contribution in [-0.4, -0.2) is 19.5 Å². The van der Waals surface area contributed by atoms with Gasteiger partial charge in [-0.3, -0.25) is 4.57 Å². The van der Waals surface area contributed by atoms with Crippen LogP contribution in [0.3, 0.4) is 0 Å². The molecule has 0 unspecified atom stereocenters. The first kappa shape index (κ1) is 31.8. The summed E-state index contributed by atoms with van der Waals surface area (Å²) < 4.78 is 2.28. The number of benzene rings is 7. The molecule has 0 bridgehead atoms. The molecule has 2 heterocycles. The summed E-state index contributed by atoms with van der Waals surface area (Å²) in [5, 5.41) is 0. The van der Waals surface area contributed by atoms with Crippen LogP contribution in [0, 0.1) is 0 Å². The Hall–Kier alpha value is -6.91. The smallest absolute Gasteiger partial charge is 0.160 e. The number of imidazole rings is 1. The van der Waals surface area contributed by atoms with Crippen LogP contribution < -0.4 is 0 Å². The van der Waals surface area contributed by atoms with Crippen molar-refractivity contribution in [3.8, 4) is 73.2 Å². The lowest BCUT2D eigenvalue weighted by Gasteiger charge is -2.22. The highest BCUT2D eigenvalue weighted by molar-refractivity contribution is 5.88. The highest BCUT2D eigenvalue weighted by atomic mass is 15.1. The number of hydrogen-bond donors (Lipinski definition) is 0. The molecule has 7 aromatic carbocycles. The first-order valence-electron chi connectivity index (χ1n) is 18.4. The van der Waals surface area contributed by atoms with Crippen LogP contribution in [0.4, 0.5) is 0 Å². The maximum atomic E-state index is 5.17. The molecule has 0 spiro atoms. The van der Waals surface area contributed by atoms with E-state index in [1.54, 1.807) is 0 Å². The van der Waals surface area contributed by atoms with Crippen LogP contribution in [0.15, 0.2) is 182 Å². The Morgan fingerprint density at radius 1 is 0.407 bits per heavy atom. The van der Waals surface area contributed by atoms with E-state index in [4.69, 9.17) is 15.0 Å². The molecule has 4 heteroatoms. The van der Waals surface area contributed by atoms with Gasteiger partial charge >= 0.3 is 0 Å². The summed E-state index contributed by atoms with van der Waals surface area (Å²) in [5.41, 5.74) is 16.5. The fourth-order valence-electron chi connectivity index (χ4n) is 8.04. The zero-order chi connectivity index (χ0) is 36.2. The van der Waals surface area contributed by atoms with Crippen molar-refractivity contribution in [2.75, 3.05) is 0 Å². The quantitative estimate of drug-likeness (QED) is 0.174. The second-order valence-electron chi connectivity index (χ2n) is 14.5. The molecule has 0 N–H and O–H groups in total. The zero-order valence-electron chi connectivity index (χ0n) is 30.1. The summed E-state index contributed by atoms with van der Waals surface area (Å²) in [4.78, 5) is 15.4. The maximum absolute atomic E-state index is 5.17. The topological polar surface area (TPSA) is 43.6 Å². The predicted molar refractivity (Wildman–Crippen MR) is 221 cm³/mol. The molecule has 0 saturated heterocycles. The molecule has 0 atom stereocenters. The molecule has 4 nitrogen and oxygen atoms in total. The SMILES string of the molecule is CC1(C)c2cc(-c3cccc(-c4nc(-c5ccccc5)cc(-c5ccccc5)n4)c3)ccc2-c2ccc(-c3nc4ccccc4n3-c3ccccc3)cc21. The van der Waals surface area contributed by atoms with E-state index in [0.717, 1.165) is 61.8 Å². The third-order valence-corrected chi connectivity index (χ3v) is 10.8. The Morgan fingerprint density at radius 3 is 1.59 bits per heavy atom.